The van der Waals surface area contributed by atoms with Crippen molar-refractivity contribution in [3.63, 3.8) is 0 Å². The molecule has 0 aliphatic carbocycles. The van der Waals surface area contributed by atoms with Crippen molar-refractivity contribution in [3.8, 4) is 0 Å². The van der Waals surface area contributed by atoms with Crippen molar-refractivity contribution in [2.75, 3.05) is 13.2 Å². The van der Waals surface area contributed by atoms with Gasteiger partial charge in [0, 0.05) is 12.6 Å². The molecule has 0 spiro atoms. The molecule has 2 rings (SSSR count). The topological polar surface area (TPSA) is 84.7 Å². The van der Waals surface area contributed by atoms with E-state index in [0.29, 0.717) is 18.9 Å². The molecule has 0 saturated carbocycles. The number of likely N-dealkylation sites (tertiary alicyclic amines) is 1. The van der Waals surface area contributed by atoms with Crippen LogP contribution < -0.4 is 5.32 Å². The first-order valence-corrected chi connectivity index (χ1v) is 7.76. The summed E-state index contributed by atoms with van der Waals surface area (Å²) in [5.41, 5.74) is 0.877. The van der Waals surface area contributed by atoms with Gasteiger partial charge in [-0.15, -0.1) is 0 Å². The highest BCUT2D eigenvalue weighted by atomic mass is 16.5. The van der Waals surface area contributed by atoms with Crippen molar-refractivity contribution in [2.45, 2.75) is 52.1 Å². The summed E-state index contributed by atoms with van der Waals surface area (Å²) in [6.07, 6.45) is 2.52. The highest BCUT2D eigenvalue weighted by Crippen LogP contribution is 2.32. The predicted octanol–water partition coefficient (Wildman–Crippen LogP) is 2.04. The number of hydrogen-bond acceptors (Lipinski definition) is 5. The summed E-state index contributed by atoms with van der Waals surface area (Å²) in [6, 6.07) is 0.819. The molecule has 1 N–H and O–H groups in total. The molecular weight excluding hydrogens is 286 g/mol. The summed E-state index contributed by atoms with van der Waals surface area (Å²) in [7, 11) is 0. The second-order valence-electron chi connectivity index (χ2n) is 5.35. The van der Waals surface area contributed by atoms with Crippen molar-refractivity contribution in [1.29, 1.82) is 0 Å². The molecule has 2 atom stereocenters. The molecular formula is C15H23N3O4. The van der Waals surface area contributed by atoms with Crippen LogP contribution in [0, 0.1) is 0 Å². The quantitative estimate of drug-likeness (QED) is 0.841. The number of carbonyl (C=O) groups is 2. The normalized spacial score (nSPS) is 19.0. The van der Waals surface area contributed by atoms with Crippen molar-refractivity contribution in [1.82, 2.24) is 15.4 Å². The van der Waals surface area contributed by atoms with E-state index in [1.807, 2.05) is 13.0 Å². The Balaban J connectivity index is 2.00. The molecule has 1 aliphatic rings. The lowest BCUT2D eigenvalue weighted by Gasteiger charge is -2.24. The van der Waals surface area contributed by atoms with Crippen LogP contribution in [-0.2, 0) is 16.0 Å². The second kappa shape index (κ2) is 7.29. The van der Waals surface area contributed by atoms with Crippen LogP contribution in [0.15, 0.2) is 10.6 Å². The predicted molar refractivity (Wildman–Crippen MR) is 79.2 cm³/mol. The molecule has 1 saturated heterocycles. The van der Waals surface area contributed by atoms with Crippen molar-refractivity contribution < 1.29 is 18.8 Å². The average Bonchev–Trinajstić information content (AvgIpc) is 3.15. The first kappa shape index (κ1) is 16.3. The third-order valence-corrected chi connectivity index (χ3v) is 3.76. The molecule has 22 heavy (non-hydrogen) atoms. The summed E-state index contributed by atoms with van der Waals surface area (Å²) in [5.74, 6) is 0.271. The molecule has 1 fully saturated rings. The summed E-state index contributed by atoms with van der Waals surface area (Å²) < 4.78 is 10.2. The van der Waals surface area contributed by atoms with Gasteiger partial charge in [0.05, 0.1) is 18.3 Å². The SMILES string of the molecule is CCOC(=O)[C@H](C)NC(=O)N1CCC[C@H]1c1cc(CC)no1. The standard InChI is InChI=1S/C15H23N3O4/c1-4-11-9-13(22-17-11)12-7-6-8-18(12)15(20)16-10(3)14(19)21-5-2/h9-10,12H,4-8H2,1-3H3,(H,16,20)/t10-,12-/m0/s1. The van der Waals surface area contributed by atoms with Gasteiger partial charge in [-0.1, -0.05) is 12.1 Å². The Bertz CT molecular complexity index is 529. The van der Waals surface area contributed by atoms with E-state index in [1.54, 1.807) is 18.7 Å². The van der Waals surface area contributed by atoms with Gasteiger partial charge in [-0.2, -0.15) is 0 Å². The highest BCUT2D eigenvalue weighted by molar-refractivity contribution is 5.83. The fraction of sp³-hybridized carbons (Fsp3) is 0.667. The number of rotatable bonds is 5. The van der Waals surface area contributed by atoms with Crippen LogP contribution in [0.5, 0.6) is 0 Å². The minimum absolute atomic E-state index is 0.123. The van der Waals surface area contributed by atoms with E-state index in [9.17, 15) is 9.59 Å². The van der Waals surface area contributed by atoms with Crippen LogP contribution in [0.3, 0.4) is 0 Å². The molecule has 1 aromatic rings. The highest BCUT2D eigenvalue weighted by Gasteiger charge is 2.34. The van der Waals surface area contributed by atoms with Gasteiger partial charge in [0.2, 0.25) is 0 Å². The Labute approximate surface area is 130 Å². The molecule has 0 unspecified atom stereocenters. The maximum absolute atomic E-state index is 12.4. The number of urea groups is 1. The summed E-state index contributed by atoms with van der Waals surface area (Å²) in [5, 5.41) is 6.66. The average molecular weight is 309 g/mol. The van der Waals surface area contributed by atoms with E-state index in [2.05, 4.69) is 10.5 Å². The number of aryl methyl sites for hydroxylation is 1. The molecule has 2 amide bonds. The molecule has 0 radical (unpaired) electrons. The summed E-state index contributed by atoms with van der Waals surface area (Å²) >= 11 is 0. The fourth-order valence-electron chi connectivity index (χ4n) is 2.55. The third kappa shape index (κ3) is 3.58. The molecule has 7 heteroatoms. The first-order valence-electron chi connectivity index (χ1n) is 7.76. The Morgan fingerprint density at radius 2 is 2.32 bits per heavy atom. The van der Waals surface area contributed by atoms with E-state index in [0.717, 1.165) is 25.0 Å². The van der Waals surface area contributed by atoms with E-state index >= 15 is 0 Å². The van der Waals surface area contributed by atoms with Gasteiger partial charge in [-0.05, 0) is 33.1 Å². The van der Waals surface area contributed by atoms with Gasteiger partial charge in [-0.3, -0.25) is 0 Å². The second-order valence-corrected chi connectivity index (χ2v) is 5.35. The van der Waals surface area contributed by atoms with Crippen LogP contribution in [0.25, 0.3) is 0 Å². The number of nitrogens with one attached hydrogen (secondary N) is 1. The zero-order valence-corrected chi connectivity index (χ0v) is 13.3. The lowest BCUT2D eigenvalue weighted by Crippen LogP contribution is -2.46. The molecule has 1 aliphatic heterocycles. The van der Waals surface area contributed by atoms with Crippen molar-refractivity contribution in [2.24, 2.45) is 0 Å². The number of ether oxygens (including phenoxy) is 1. The van der Waals surface area contributed by atoms with E-state index in [4.69, 9.17) is 9.26 Å². The summed E-state index contributed by atoms with van der Waals surface area (Å²) in [6.45, 7) is 6.28. The lowest BCUT2D eigenvalue weighted by atomic mass is 10.1. The minimum atomic E-state index is -0.672. The molecule has 2 heterocycles. The van der Waals surface area contributed by atoms with Gasteiger partial charge >= 0.3 is 12.0 Å². The van der Waals surface area contributed by atoms with Gasteiger partial charge in [0.25, 0.3) is 0 Å². The van der Waals surface area contributed by atoms with Gasteiger partial charge in [0.15, 0.2) is 5.76 Å². The van der Waals surface area contributed by atoms with Crippen molar-refractivity contribution in [3.05, 3.63) is 17.5 Å². The number of esters is 1. The smallest absolute Gasteiger partial charge is 0.328 e. The fourth-order valence-corrected chi connectivity index (χ4v) is 2.55. The van der Waals surface area contributed by atoms with Crippen LogP contribution in [0.1, 0.15) is 51.1 Å². The number of carbonyl (C=O) groups excluding carboxylic acids is 2. The van der Waals surface area contributed by atoms with Crippen LogP contribution in [-0.4, -0.2) is 41.3 Å². The molecule has 0 bridgehead atoms. The molecule has 7 nitrogen and oxygen atoms in total. The van der Waals surface area contributed by atoms with Gasteiger partial charge < -0.3 is 19.5 Å². The Kier molecular flexibility index (Phi) is 5.41. The number of hydrogen-bond donors (Lipinski definition) is 1. The van der Waals surface area contributed by atoms with Gasteiger partial charge in [-0.25, -0.2) is 9.59 Å². The van der Waals surface area contributed by atoms with Crippen molar-refractivity contribution >= 4 is 12.0 Å². The van der Waals surface area contributed by atoms with E-state index in [-0.39, 0.29) is 12.1 Å². The summed E-state index contributed by atoms with van der Waals surface area (Å²) in [4.78, 5) is 25.7. The van der Waals surface area contributed by atoms with Crippen LogP contribution in [0.4, 0.5) is 4.79 Å². The third-order valence-electron chi connectivity index (χ3n) is 3.76. The Morgan fingerprint density at radius 1 is 1.55 bits per heavy atom. The number of aromatic nitrogens is 1. The molecule has 0 aromatic carbocycles. The van der Waals surface area contributed by atoms with E-state index in [1.165, 1.54) is 0 Å². The molecule has 1 aromatic heterocycles. The monoisotopic (exact) mass is 309 g/mol. The van der Waals surface area contributed by atoms with Crippen LogP contribution >= 0.6 is 0 Å². The lowest BCUT2D eigenvalue weighted by molar-refractivity contribution is -0.144. The minimum Gasteiger partial charge on any atom is -0.464 e. The zero-order valence-electron chi connectivity index (χ0n) is 13.3. The first-order chi connectivity index (χ1) is 10.6. The molecule has 122 valence electrons. The largest absolute Gasteiger partial charge is 0.464 e. The zero-order chi connectivity index (χ0) is 16.1. The maximum Gasteiger partial charge on any atom is 0.328 e. The van der Waals surface area contributed by atoms with Gasteiger partial charge in [0.1, 0.15) is 6.04 Å². The maximum atomic E-state index is 12.4. The number of amides is 2. The Hall–Kier alpha value is -2.05. The Morgan fingerprint density at radius 3 is 2.95 bits per heavy atom. The van der Waals surface area contributed by atoms with E-state index < -0.39 is 12.0 Å². The number of nitrogens with zero attached hydrogens (tertiary/aromatic N) is 2. The van der Waals surface area contributed by atoms with Crippen LogP contribution in [0.2, 0.25) is 0 Å².